The summed E-state index contributed by atoms with van der Waals surface area (Å²) in [4.78, 5) is 22.7. The van der Waals surface area contributed by atoms with Crippen molar-refractivity contribution in [3.05, 3.63) is 12.2 Å². The SMILES string of the molecule is CCCCCCCC/C=C\CCCCCCCC(=O)OC(=O)CCC(O)(O)O. The van der Waals surface area contributed by atoms with E-state index in [9.17, 15) is 9.59 Å². The molecule has 0 unspecified atom stereocenters. The molecule has 0 aliphatic heterocycles. The summed E-state index contributed by atoms with van der Waals surface area (Å²) < 4.78 is 4.54. The maximum Gasteiger partial charge on any atom is 0.313 e. The predicted octanol–water partition coefficient (Wildman–Crippen LogP) is 4.50. The third-order valence-corrected chi connectivity index (χ3v) is 4.53. The molecule has 6 nitrogen and oxygen atoms in total. The van der Waals surface area contributed by atoms with Crippen molar-refractivity contribution in [1.82, 2.24) is 0 Å². The number of unbranched alkanes of at least 4 members (excludes halogenated alkanes) is 11. The number of rotatable bonds is 18. The summed E-state index contributed by atoms with van der Waals surface area (Å²) in [6.07, 6.45) is 18.9. The predicted molar refractivity (Wildman–Crippen MR) is 109 cm³/mol. The van der Waals surface area contributed by atoms with Gasteiger partial charge in [-0.25, -0.2) is 0 Å². The maximum absolute atomic E-state index is 11.5. The van der Waals surface area contributed by atoms with Gasteiger partial charge in [-0.3, -0.25) is 9.59 Å². The van der Waals surface area contributed by atoms with E-state index in [0.717, 1.165) is 32.1 Å². The van der Waals surface area contributed by atoms with E-state index < -0.39 is 30.8 Å². The van der Waals surface area contributed by atoms with E-state index in [1.165, 1.54) is 44.9 Å². The van der Waals surface area contributed by atoms with Crippen LogP contribution in [-0.4, -0.2) is 33.2 Å². The van der Waals surface area contributed by atoms with Gasteiger partial charge < -0.3 is 20.1 Å². The van der Waals surface area contributed by atoms with Crippen molar-refractivity contribution in [2.24, 2.45) is 0 Å². The lowest BCUT2D eigenvalue weighted by molar-refractivity contribution is -0.314. The summed E-state index contributed by atoms with van der Waals surface area (Å²) in [5.41, 5.74) is 0. The number of allylic oxidation sites excluding steroid dienone is 2. The second-order valence-corrected chi connectivity index (χ2v) is 7.45. The molecule has 0 atom stereocenters. The smallest absolute Gasteiger partial charge is 0.313 e. The first kappa shape index (κ1) is 26.8. The first-order valence-electron chi connectivity index (χ1n) is 10.9. The molecule has 6 heteroatoms. The molecule has 3 N–H and O–H groups in total. The number of aliphatic hydroxyl groups is 3. The lowest BCUT2D eigenvalue weighted by Gasteiger charge is -2.12. The van der Waals surface area contributed by atoms with Crippen LogP contribution in [-0.2, 0) is 14.3 Å². The highest BCUT2D eigenvalue weighted by molar-refractivity contribution is 5.85. The third kappa shape index (κ3) is 21.1. The monoisotopic (exact) mass is 400 g/mol. The van der Waals surface area contributed by atoms with E-state index >= 15 is 0 Å². The molecule has 0 fully saturated rings. The summed E-state index contributed by atoms with van der Waals surface area (Å²) in [6, 6.07) is 0. The van der Waals surface area contributed by atoms with E-state index in [1.807, 2.05) is 0 Å². The molecule has 0 saturated heterocycles. The Morgan fingerprint density at radius 2 is 1.18 bits per heavy atom. The highest BCUT2D eigenvalue weighted by atomic mass is 16.7. The molecule has 0 aromatic rings. The number of ether oxygens (including phenoxy) is 1. The van der Waals surface area contributed by atoms with Gasteiger partial charge in [-0.2, -0.15) is 0 Å². The summed E-state index contributed by atoms with van der Waals surface area (Å²) >= 11 is 0. The lowest BCUT2D eigenvalue weighted by Crippen LogP contribution is -2.28. The minimum atomic E-state index is -2.91. The van der Waals surface area contributed by atoms with Crippen LogP contribution >= 0.6 is 0 Å². The van der Waals surface area contributed by atoms with Crippen LogP contribution in [0.2, 0.25) is 0 Å². The van der Waals surface area contributed by atoms with Crippen LogP contribution in [0.15, 0.2) is 12.2 Å². The first-order valence-corrected chi connectivity index (χ1v) is 10.9. The number of esters is 2. The van der Waals surface area contributed by atoms with Gasteiger partial charge in [0.25, 0.3) is 5.97 Å². The zero-order chi connectivity index (χ0) is 21.1. The second-order valence-electron chi connectivity index (χ2n) is 7.45. The Hall–Kier alpha value is -1.24. The Morgan fingerprint density at radius 3 is 1.71 bits per heavy atom. The molecule has 0 aromatic carbocycles. The normalized spacial score (nSPS) is 11.9. The zero-order valence-corrected chi connectivity index (χ0v) is 17.5. The second kappa shape index (κ2) is 17.8. The molecule has 0 bridgehead atoms. The summed E-state index contributed by atoms with van der Waals surface area (Å²) in [5, 5.41) is 26.0. The van der Waals surface area contributed by atoms with Gasteiger partial charge in [0.2, 0.25) is 0 Å². The van der Waals surface area contributed by atoms with Gasteiger partial charge in [0.15, 0.2) is 0 Å². The molecule has 164 valence electrons. The van der Waals surface area contributed by atoms with Crippen molar-refractivity contribution in [2.75, 3.05) is 0 Å². The van der Waals surface area contributed by atoms with Gasteiger partial charge in [-0.1, -0.05) is 70.4 Å². The highest BCUT2D eigenvalue weighted by Gasteiger charge is 2.21. The van der Waals surface area contributed by atoms with Crippen molar-refractivity contribution in [3.8, 4) is 0 Å². The molecule has 0 aliphatic rings. The fourth-order valence-electron chi connectivity index (χ4n) is 2.84. The summed E-state index contributed by atoms with van der Waals surface area (Å²) in [5.74, 6) is -4.38. The van der Waals surface area contributed by atoms with Crippen LogP contribution in [0.4, 0.5) is 0 Å². The van der Waals surface area contributed by atoms with Crippen molar-refractivity contribution >= 4 is 11.9 Å². The minimum Gasteiger partial charge on any atom is -0.393 e. The average molecular weight is 401 g/mol. The number of carbonyl (C=O) groups excluding carboxylic acids is 2. The zero-order valence-electron chi connectivity index (χ0n) is 17.5. The highest BCUT2D eigenvalue weighted by Crippen LogP contribution is 2.11. The van der Waals surface area contributed by atoms with Gasteiger partial charge in [-0.05, 0) is 32.1 Å². The number of hydrogen-bond donors (Lipinski definition) is 3. The molecule has 0 rings (SSSR count). The molecule has 0 aromatic heterocycles. The van der Waals surface area contributed by atoms with E-state index in [4.69, 9.17) is 15.3 Å². The molecule has 0 saturated carbocycles. The first-order chi connectivity index (χ1) is 13.3. The topological polar surface area (TPSA) is 104 Å². The van der Waals surface area contributed by atoms with Gasteiger partial charge >= 0.3 is 11.9 Å². The van der Waals surface area contributed by atoms with E-state index in [-0.39, 0.29) is 6.42 Å². The molecule has 0 amide bonds. The molecule has 0 spiro atoms. The third-order valence-electron chi connectivity index (χ3n) is 4.53. The van der Waals surface area contributed by atoms with E-state index in [0.29, 0.717) is 6.42 Å². The Labute approximate surface area is 170 Å². The fraction of sp³-hybridized carbons (Fsp3) is 0.818. The van der Waals surface area contributed by atoms with Crippen LogP contribution in [0.1, 0.15) is 110 Å². The molecular weight excluding hydrogens is 360 g/mol. The van der Waals surface area contributed by atoms with E-state index in [2.05, 4.69) is 23.8 Å². The van der Waals surface area contributed by atoms with Gasteiger partial charge in [0.05, 0.1) is 6.42 Å². The summed E-state index contributed by atoms with van der Waals surface area (Å²) in [6.45, 7) is 2.24. The van der Waals surface area contributed by atoms with Crippen molar-refractivity contribution in [3.63, 3.8) is 0 Å². The Morgan fingerprint density at radius 1 is 0.714 bits per heavy atom. The van der Waals surface area contributed by atoms with Crippen LogP contribution < -0.4 is 0 Å². The lowest BCUT2D eigenvalue weighted by atomic mass is 10.1. The Balaban J connectivity index is 3.39. The van der Waals surface area contributed by atoms with Gasteiger partial charge in [0, 0.05) is 12.8 Å². The van der Waals surface area contributed by atoms with Gasteiger partial charge in [0.1, 0.15) is 0 Å². The van der Waals surface area contributed by atoms with Crippen LogP contribution in [0.5, 0.6) is 0 Å². The molecule has 0 aliphatic carbocycles. The van der Waals surface area contributed by atoms with Crippen LogP contribution in [0.3, 0.4) is 0 Å². The molecule has 28 heavy (non-hydrogen) atoms. The Kier molecular flexibility index (Phi) is 17.0. The minimum absolute atomic E-state index is 0.173. The van der Waals surface area contributed by atoms with Crippen molar-refractivity contribution < 1.29 is 29.6 Å². The maximum atomic E-state index is 11.5. The van der Waals surface area contributed by atoms with Crippen LogP contribution in [0.25, 0.3) is 0 Å². The molecule has 0 heterocycles. The Bertz CT molecular complexity index is 425. The van der Waals surface area contributed by atoms with E-state index in [1.54, 1.807) is 0 Å². The average Bonchev–Trinajstić information content (AvgIpc) is 2.62. The molecule has 0 radical (unpaired) electrons. The fourth-order valence-corrected chi connectivity index (χ4v) is 2.84. The molecular formula is C22H40O6. The largest absolute Gasteiger partial charge is 0.393 e. The summed E-state index contributed by atoms with van der Waals surface area (Å²) in [7, 11) is 0. The number of hydrogen-bond acceptors (Lipinski definition) is 6. The quantitative estimate of drug-likeness (QED) is 0.103. The van der Waals surface area contributed by atoms with Gasteiger partial charge in [-0.15, -0.1) is 0 Å². The van der Waals surface area contributed by atoms with Crippen molar-refractivity contribution in [1.29, 1.82) is 0 Å². The van der Waals surface area contributed by atoms with Crippen LogP contribution in [0, 0.1) is 0 Å². The standard InChI is InChI=1S/C22H40O6/c1-2-3-4-5-6-7-8-9-10-11-12-13-14-15-16-17-20(23)28-21(24)18-19-22(25,26)27/h9-10,25-27H,2-8,11-19H2,1H3/b10-9-. The van der Waals surface area contributed by atoms with Crippen molar-refractivity contribution in [2.45, 2.75) is 116 Å². The number of carbonyl (C=O) groups is 2.